The number of nitrogens with zero attached hydrogens (tertiary/aromatic N) is 3. The van der Waals surface area contributed by atoms with E-state index in [9.17, 15) is 19.2 Å². The van der Waals surface area contributed by atoms with Gasteiger partial charge in [0, 0.05) is 43.7 Å². The number of azide groups is 1. The Morgan fingerprint density at radius 2 is 0.862 bits per heavy atom. The molecule has 1 N–H and O–H groups in total. The zero-order chi connectivity index (χ0) is 48.1. The van der Waals surface area contributed by atoms with Crippen LogP contribution in [0.25, 0.3) is 10.4 Å². The predicted molar refractivity (Wildman–Crippen MR) is 251 cm³/mol. The topological polar surface area (TPSA) is 212 Å². The first-order valence-corrected chi connectivity index (χ1v) is 24.5. The first-order chi connectivity index (χ1) is 31.2. The Morgan fingerprint density at radius 1 is 0.492 bits per heavy atom. The number of carbonyl (C=O) groups excluding carboxylic acids is 4. The minimum Gasteiger partial charge on any atom is -0.460 e. The number of ketones is 1. The molecule has 1 atom stereocenters. The van der Waals surface area contributed by atoms with Crippen LogP contribution in [-0.4, -0.2) is 140 Å². The van der Waals surface area contributed by atoms with Gasteiger partial charge in [-0.3, -0.25) is 19.2 Å². The molecule has 0 aromatic carbocycles. The molecule has 380 valence electrons. The summed E-state index contributed by atoms with van der Waals surface area (Å²) in [5.41, 5.74) is 7.09. The molecule has 0 aliphatic heterocycles. The van der Waals surface area contributed by atoms with E-state index in [1.54, 1.807) is 20.8 Å². The molecule has 0 aromatic rings. The summed E-state index contributed by atoms with van der Waals surface area (Å²) in [6.45, 7) is 17.7. The number of rotatable bonds is 47. The van der Waals surface area contributed by atoms with Gasteiger partial charge in [-0.2, -0.15) is 0 Å². The maximum atomic E-state index is 13.0. The molecular weight excluding hydrogens is 841 g/mol. The van der Waals surface area contributed by atoms with Crippen LogP contribution in [0, 0.1) is 5.92 Å². The monoisotopic (exact) mass is 931 g/mol. The molecule has 17 heteroatoms. The van der Waals surface area contributed by atoms with Crippen LogP contribution in [0.15, 0.2) is 5.11 Å². The second kappa shape index (κ2) is 43.7. The van der Waals surface area contributed by atoms with Crippen LogP contribution in [0.4, 0.5) is 0 Å². The Hall–Kier alpha value is -2.89. The number of amides is 1. The average molecular weight is 931 g/mol. The summed E-state index contributed by atoms with van der Waals surface area (Å²) in [4.78, 5) is 52.9. The standard InChI is InChI=1S/C48H90N4O13/c1-47(2,3)64-45(55)22-20-18-16-14-12-10-8-7-9-11-13-15-17-19-21-43(53)41-42(46(56)65-48(4,5)6)23-24-44(54)50-25-27-57-29-31-59-33-35-61-37-39-63-40-38-62-36-34-60-32-30-58-28-26-51-52-49/h42H,7-41H2,1-6H3,(H,50,54). The Labute approximate surface area is 391 Å². The third-order valence-corrected chi connectivity index (χ3v) is 9.64. The van der Waals surface area contributed by atoms with Gasteiger partial charge in [0.25, 0.3) is 0 Å². The van der Waals surface area contributed by atoms with Gasteiger partial charge in [0.05, 0.1) is 98.4 Å². The van der Waals surface area contributed by atoms with Gasteiger partial charge in [-0.1, -0.05) is 82.2 Å². The SMILES string of the molecule is CC(C)(C)OC(=O)CCCCCCCCCCCCCCCCC(=O)CC(CCC(=O)NCCOCCOCCOCCOCCOCCOCCOCCN=[N+]=[N-])C(=O)OC(C)(C)C. The minimum absolute atomic E-state index is 0.0396. The van der Waals surface area contributed by atoms with E-state index in [4.69, 9.17) is 48.2 Å². The van der Waals surface area contributed by atoms with E-state index in [0.717, 1.165) is 32.1 Å². The third kappa shape index (κ3) is 48.9. The zero-order valence-corrected chi connectivity index (χ0v) is 41.5. The van der Waals surface area contributed by atoms with E-state index in [2.05, 4.69) is 15.3 Å². The molecule has 0 rings (SSSR count). The first-order valence-electron chi connectivity index (χ1n) is 24.5. The van der Waals surface area contributed by atoms with Crippen LogP contribution >= 0.6 is 0 Å². The van der Waals surface area contributed by atoms with Crippen molar-refractivity contribution in [2.75, 3.05) is 106 Å². The number of nitrogens with one attached hydrogen (secondary N) is 1. The van der Waals surface area contributed by atoms with Gasteiger partial charge in [0.1, 0.15) is 17.0 Å². The number of hydrogen-bond donors (Lipinski definition) is 1. The molecule has 0 aliphatic carbocycles. The molecule has 0 saturated carbocycles. The molecular formula is C48H90N4O13. The van der Waals surface area contributed by atoms with Crippen LogP contribution in [0.2, 0.25) is 0 Å². The molecule has 0 saturated heterocycles. The van der Waals surface area contributed by atoms with Gasteiger partial charge in [-0.05, 0) is 66.3 Å². The maximum absolute atomic E-state index is 13.0. The summed E-state index contributed by atoms with van der Waals surface area (Å²) >= 11 is 0. The van der Waals surface area contributed by atoms with Crippen molar-refractivity contribution >= 4 is 23.6 Å². The molecule has 0 aliphatic rings. The van der Waals surface area contributed by atoms with E-state index >= 15 is 0 Å². The summed E-state index contributed by atoms with van der Waals surface area (Å²) < 4.78 is 49.0. The Balaban J connectivity index is 3.84. The molecule has 65 heavy (non-hydrogen) atoms. The van der Waals surface area contributed by atoms with Crippen molar-refractivity contribution < 1.29 is 61.8 Å². The van der Waals surface area contributed by atoms with Crippen LogP contribution in [0.1, 0.15) is 164 Å². The smallest absolute Gasteiger partial charge is 0.309 e. The van der Waals surface area contributed by atoms with Crippen molar-refractivity contribution in [1.82, 2.24) is 5.32 Å². The maximum Gasteiger partial charge on any atom is 0.309 e. The van der Waals surface area contributed by atoms with Crippen molar-refractivity contribution in [3.63, 3.8) is 0 Å². The second-order valence-electron chi connectivity index (χ2n) is 18.1. The molecule has 0 radical (unpaired) electrons. The van der Waals surface area contributed by atoms with Crippen LogP contribution < -0.4 is 5.32 Å². The number of esters is 2. The number of ether oxygens (including phenoxy) is 9. The highest BCUT2D eigenvalue weighted by atomic mass is 16.6. The molecule has 17 nitrogen and oxygen atoms in total. The fourth-order valence-corrected chi connectivity index (χ4v) is 6.40. The van der Waals surface area contributed by atoms with Gasteiger partial charge >= 0.3 is 11.9 Å². The highest BCUT2D eigenvalue weighted by Crippen LogP contribution is 2.21. The van der Waals surface area contributed by atoms with Gasteiger partial charge in [0.15, 0.2) is 0 Å². The van der Waals surface area contributed by atoms with Crippen LogP contribution in [-0.2, 0) is 61.8 Å². The van der Waals surface area contributed by atoms with E-state index in [1.165, 1.54) is 57.8 Å². The third-order valence-electron chi connectivity index (χ3n) is 9.64. The lowest BCUT2D eigenvalue weighted by atomic mass is 9.94. The number of unbranched alkanes of at least 4 members (excludes halogenated alkanes) is 13. The molecule has 0 bridgehead atoms. The van der Waals surface area contributed by atoms with Crippen molar-refractivity contribution in [3.05, 3.63) is 10.4 Å². The summed E-state index contributed by atoms with van der Waals surface area (Å²) in [7, 11) is 0. The molecule has 0 fully saturated rings. The van der Waals surface area contributed by atoms with Gasteiger partial charge in [0.2, 0.25) is 5.91 Å². The molecule has 0 heterocycles. The molecule has 0 aromatic heterocycles. The molecule has 1 amide bonds. The number of Topliss-reactive ketones (excluding diaryl/α,β-unsaturated/α-hetero) is 1. The van der Waals surface area contributed by atoms with E-state index in [1.807, 2.05) is 20.8 Å². The lowest BCUT2D eigenvalue weighted by Gasteiger charge is -2.23. The van der Waals surface area contributed by atoms with Crippen molar-refractivity contribution in [1.29, 1.82) is 0 Å². The lowest BCUT2D eigenvalue weighted by molar-refractivity contribution is -0.161. The van der Waals surface area contributed by atoms with E-state index in [-0.39, 0.29) is 36.9 Å². The Bertz CT molecular complexity index is 1220. The fraction of sp³-hybridized carbons (Fsp3) is 0.917. The zero-order valence-electron chi connectivity index (χ0n) is 41.5. The fourth-order valence-electron chi connectivity index (χ4n) is 6.40. The van der Waals surface area contributed by atoms with Gasteiger partial charge < -0.3 is 47.9 Å². The Kier molecular flexibility index (Phi) is 41.7. The number of carbonyl (C=O) groups is 4. The minimum atomic E-state index is -0.682. The normalized spacial score (nSPS) is 12.2. The summed E-state index contributed by atoms with van der Waals surface area (Å²) in [5.74, 6) is -1.34. The highest BCUT2D eigenvalue weighted by molar-refractivity contribution is 5.85. The highest BCUT2D eigenvalue weighted by Gasteiger charge is 2.27. The molecule has 0 spiro atoms. The van der Waals surface area contributed by atoms with Gasteiger partial charge in [-0.25, -0.2) is 0 Å². The molecule has 1 unspecified atom stereocenters. The van der Waals surface area contributed by atoms with Crippen molar-refractivity contribution in [2.45, 2.75) is 175 Å². The summed E-state index contributed by atoms with van der Waals surface area (Å²) in [5, 5.41) is 6.20. The largest absolute Gasteiger partial charge is 0.460 e. The summed E-state index contributed by atoms with van der Waals surface area (Å²) in [6.07, 6.45) is 17.4. The van der Waals surface area contributed by atoms with Crippen LogP contribution in [0.3, 0.4) is 0 Å². The van der Waals surface area contributed by atoms with Crippen molar-refractivity contribution in [3.8, 4) is 0 Å². The predicted octanol–water partition coefficient (Wildman–Crippen LogP) is 8.81. The summed E-state index contributed by atoms with van der Waals surface area (Å²) in [6, 6.07) is 0. The Morgan fingerprint density at radius 3 is 1.26 bits per heavy atom. The second-order valence-corrected chi connectivity index (χ2v) is 18.1. The van der Waals surface area contributed by atoms with Gasteiger partial charge in [-0.15, -0.1) is 0 Å². The average Bonchev–Trinajstić information content (AvgIpc) is 3.23. The first kappa shape index (κ1) is 62.1. The quantitative estimate of drug-likeness (QED) is 0.0199. The van der Waals surface area contributed by atoms with E-state index < -0.39 is 23.1 Å². The van der Waals surface area contributed by atoms with Crippen LogP contribution in [0.5, 0.6) is 0 Å². The number of hydrogen-bond acceptors (Lipinski definition) is 14. The van der Waals surface area contributed by atoms with E-state index in [0.29, 0.717) is 118 Å². The van der Waals surface area contributed by atoms with Crippen molar-refractivity contribution in [2.24, 2.45) is 11.0 Å². The lowest BCUT2D eigenvalue weighted by Crippen LogP contribution is -2.32.